The number of benzene rings is 2. The van der Waals surface area contributed by atoms with Crippen LogP contribution in [0.5, 0.6) is 0 Å². The molecule has 1 aliphatic heterocycles. The summed E-state index contributed by atoms with van der Waals surface area (Å²) in [5.41, 5.74) is 2.79. The van der Waals surface area contributed by atoms with Crippen molar-refractivity contribution >= 4 is 28.3 Å². The number of nitrogens with zero attached hydrogens (tertiary/aromatic N) is 6. The van der Waals surface area contributed by atoms with E-state index in [9.17, 15) is 4.79 Å². The Bertz CT molecular complexity index is 1270. The minimum atomic E-state index is -0.0778. The summed E-state index contributed by atoms with van der Waals surface area (Å²) in [6.07, 6.45) is 1.57. The smallest absolute Gasteiger partial charge is 0.321 e. The molecule has 0 radical (unpaired) electrons. The molecule has 1 saturated heterocycles. The van der Waals surface area contributed by atoms with Crippen molar-refractivity contribution in [3.8, 4) is 5.82 Å². The largest absolute Gasteiger partial charge is 0.353 e. The second-order valence-electron chi connectivity index (χ2n) is 8.04. The predicted molar refractivity (Wildman–Crippen MR) is 125 cm³/mol. The quantitative estimate of drug-likeness (QED) is 0.538. The molecule has 2 aromatic carbocycles. The normalized spacial score (nSPS) is 14.1. The van der Waals surface area contributed by atoms with E-state index in [0.717, 1.165) is 39.5 Å². The van der Waals surface area contributed by atoms with Gasteiger partial charge in [0.15, 0.2) is 5.82 Å². The first kappa shape index (κ1) is 20.0. The number of anilines is 2. The van der Waals surface area contributed by atoms with Crippen LogP contribution in [0.3, 0.4) is 0 Å². The standard InChI is InChI=1S/C24H25N7O/c1-17-13-18(2)31(28-17)23-15-22(25-16-26-23)29-9-11-30(12-10-29)24(32)27-21-8-7-19-5-3-4-6-20(19)14-21/h3-8,13-16H,9-12H2,1-2H3,(H,27,32). The summed E-state index contributed by atoms with van der Waals surface area (Å²) >= 11 is 0. The van der Waals surface area contributed by atoms with Crippen LogP contribution >= 0.6 is 0 Å². The zero-order valence-electron chi connectivity index (χ0n) is 18.2. The maximum Gasteiger partial charge on any atom is 0.321 e. The summed E-state index contributed by atoms with van der Waals surface area (Å²) in [6.45, 7) is 6.64. The maximum atomic E-state index is 12.8. The van der Waals surface area contributed by atoms with Gasteiger partial charge in [0, 0.05) is 43.6 Å². The van der Waals surface area contributed by atoms with Crippen molar-refractivity contribution in [2.45, 2.75) is 13.8 Å². The molecule has 2 amide bonds. The molecule has 8 nitrogen and oxygen atoms in total. The number of piperazine rings is 1. The van der Waals surface area contributed by atoms with E-state index in [1.807, 2.05) is 72.0 Å². The molecule has 162 valence electrons. The number of carbonyl (C=O) groups excluding carboxylic acids is 1. The van der Waals surface area contributed by atoms with Gasteiger partial charge < -0.3 is 15.1 Å². The van der Waals surface area contributed by atoms with Crippen LogP contribution in [0.2, 0.25) is 0 Å². The van der Waals surface area contributed by atoms with E-state index in [1.54, 1.807) is 6.33 Å². The summed E-state index contributed by atoms with van der Waals surface area (Å²) < 4.78 is 1.83. The minimum Gasteiger partial charge on any atom is -0.353 e. The number of nitrogens with one attached hydrogen (secondary N) is 1. The van der Waals surface area contributed by atoms with E-state index in [-0.39, 0.29) is 6.03 Å². The lowest BCUT2D eigenvalue weighted by molar-refractivity contribution is 0.208. The first-order chi connectivity index (χ1) is 15.6. The second-order valence-corrected chi connectivity index (χ2v) is 8.04. The highest BCUT2D eigenvalue weighted by Crippen LogP contribution is 2.20. The fourth-order valence-corrected chi connectivity index (χ4v) is 4.10. The van der Waals surface area contributed by atoms with Gasteiger partial charge in [0.2, 0.25) is 0 Å². The molecule has 0 bridgehead atoms. The second kappa shape index (κ2) is 8.30. The highest BCUT2D eigenvalue weighted by Gasteiger charge is 2.22. The minimum absolute atomic E-state index is 0.0778. The van der Waals surface area contributed by atoms with Gasteiger partial charge in [0.05, 0.1) is 5.69 Å². The lowest BCUT2D eigenvalue weighted by Crippen LogP contribution is -2.50. The molecule has 0 aliphatic carbocycles. The molecule has 8 heteroatoms. The lowest BCUT2D eigenvalue weighted by Gasteiger charge is -2.35. The third-order valence-corrected chi connectivity index (χ3v) is 5.76. The number of carbonyl (C=O) groups is 1. The number of aryl methyl sites for hydroxylation is 2. The van der Waals surface area contributed by atoms with Crippen LogP contribution in [0, 0.1) is 13.8 Å². The van der Waals surface area contributed by atoms with Crippen molar-refractivity contribution in [1.82, 2.24) is 24.6 Å². The Hall–Kier alpha value is -3.94. The van der Waals surface area contributed by atoms with Crippen molar-refractivity contribution in [2.75, 3.05) is 36.4 Å². The summed E-state index contributed by atoms with van der Waals surface area (Å²) in [4.78, 5) is 25.6. The molecular weight excluding hydrogens is 402 g/mol. The van der Waals surface area contributed by atoms with Gasteiger partial charge in [0.25, 0.3) is 0 Å². The maximum absolute atomic E-state index is 12.8. The molecule has 32 heavy (non-hydrogen) atoms. The zero-order chi connectivity index (χ0) is 22.1. The van der Waals surface area contributed by atoms with Crippen LogP contribution in [0.25, 0.3) is 16.6 Å². The van der Waals surface area contributed by atoms with E-state index >= 15 is 0 Å². The summed E-state index contributed by atoms with van der Waals surface area (Å²) in [5.74, 6) is 1.59. The summed E-state index contributed by atoms with van der Waals surface area (Å²) in [5, 5.41) is 9.80. The van der Waals surface area contributed by atoms with E-state index in [0.29, 0.717) is 26.2 Å². The van der Waals surface area contributed by atoms with Crippen molar-refractivity contribution in [2.24, 2.45) is 0 Å². The number of urea groups is 1. The Morgan fingerprint density at radius 1 is 0.875 bits per heavy atom. The average molecular weight is 428 g/mol. The van der Waals surface area contributed by atoms with Crippen LogP contribution in [0.1, 0.15) is 11.4 Å². The van der Waals surface area contributed by atoms with Crippen molar-refractivity contribution in [3.05, 3.63) is 72.3 Å². The molecular formula is C24H25N7O. The van der Waals surface area contributed by atoms with E-state index in [1.165, 1.54) is 0 Å². The van der Waals surface area contributed by atoms with Gasteiger partial charge in [-0.1, -0.05) is 30.3 Å². The van der Waals surface area contributed by atoms with Gasteiger partial charge in [-0.3, -0.25) is 0 Å². The molecule has 5 rings (SSSR count). The van der Waals surface area contributed by atoms with Crippen molar-refractivity contribution in [3.63, 3.8) is 0 Å². The fraction of sp³-hybridized carbons (Fsp3) is 0.250. The first-order valence-corrected chi connectivity index (χ1v) is 10.7. The number of rotatable bonds is 3. The molecule has 1 N–H and O–H groups in total. The number of amides is 2. The van der Waals surface area contributed by atoms with Gasteiger partial charge in [0.1, 0.15) is 12.1 Å². The van der Waals surface area contributed by atoms with Gasteiger partial charge in [-0.15, -0.1) is 0 Å². The molecule has 0 atom stereocenters. The third-order valence-electron chi connectivity index (χ3n) is 5.76. The third kappa shape index (κ3) is 3.99. The SMILES string of the molecule is Cc1cc(C)n(-c2cc(N3CCN(C(=O)Nc4ccc5ccccc5c4)CC3)ncn2)n1. The fourth-order valence-electron chi connectivity index (χ4n) is 4.10. The zero-order valence-corrected chi connectivity index (χ0v) is 18.2. The topological polar surface area (TPSA) is 79.2 Å². The lowest BCUT2D eigenvalue weighted by atomic mass is 10.1. The summed E-state index contributed by atoms with van der Waals surface area (Å²) in [7, 11) is 0. The Morgan fingerprint density at radius 2 is 1.62 bits per heavy atom. The van der Waals surface area contributed by atoms with Gasteiger partial charge in [-0.25, -0.2) is 19.4 Å². The summed E-state index contributed by atoms with van der Waals surface area (Å²) in [6, 6.07) is 18.0. The highest BCUT2D eigenvalue weighted by atomic mass is 16.2. The molecule has 4 aromatic rings. The number of fused-ring (bicyclic) bond motifs is 1. The van der Waals surface area contributed by atoms with Crippen LogP contribution in [0.4, 0.5) is 16.3 Å². The van der Waals surface area contributed by atoms with Crippen LogP contribution in [-0.4, -0.2) is 56.9 Å². The van der Waals surface area contributed by atoms with Gasteiger partial charge >= 0.3 is 6.03 Å². The van der Waals surface area contributed by atoms with E-state index in [4.69, 9.17) is 0 Å². The highest BCUT2D eigenvalue weighted by molar-refractivity contribution is 5.93. The monoisotopic (exact) mass is 427 g/mol. The Balaban J connectivity index is 1.23. The molecule has 0 spiro atoms. The number of hydrogen-bond acceptors (Lipinski definition) is 5. The Morgan fingerprint density at radius 3 is 2.38 bits per heavy atom. The van der Waals surface area contributed by atoms with Crippen LogP contribution in [-0.2, 0) is 0 Å². The first-order valence-electron chi connectivity index (χ1n) is 10.7. The average Bonchev–Trinajstić information content (AvgIpc) is 3.17. The van der Waals surface area contributed by atoms with Crippen LogP contribution < -0.4 is 10.2 Å². The van der Waals surface area contributed by atoms with E-state index in [2.05, 4.69) is 31.3 Å². The van der Waals surface area contributed by atoms with Gasteiger partial charge in [-0.05, 0) is 42.8 Å². The number of aromatic nitrogens is 4. The Kier molecular flexibility index (Phi) is 5.18. The van der Waals surface area contributed by atoms with Gasteiger partial charge in [-0.2, -0.15) is 5.10 Å². The van der Waals surface area contributed by atoms with Crippen molar-refractivity contribution < 1.29 is 4.79 Å². The molecule has 0 saturated carbocycles. The van der Waals surface area contributed by atoms with E-state index < -0.39 is 0 Å². The van der Waals surface area contributed by atoms with Crippen LogP contribution in [0.15, 0.2) is 60.9 Å². The Labute approximate surface area is 186 Å². The molecule has 2 aromatic heterocycles. The molecule has 0 unspecified atom stereocenters. The number of hydrogen-bond donors (Lipinski definition) is 1. The molecule has 1 aliphatic rings. The molecule has 1 fully saturated rings. The van der Waals surface area contributed by atoms with Crippen molar-refractivity contribution in [1.29, 1.82) is 0 Å². The molecule has 3 heterocycles. The predicted octanol–water partition coefficient (Wildman–Crippen LogP) is 3.79.